The minimum absolute atomic E-state index is 0.0200. The first-order valence-corrected chi connectivity index (χ1v) is 15.8. The zero-order valence-electron chi connectivity index (χ0n) is 26.6. The zero-order chi connectivity index (χ0) is 32.6. The number of aromatic hydroxyl groups is 1. The predicted molar refractivity (Wildman–Crippen MR) is 167 cm³/mol. The Labute approximate surface area is 268 Å². The number of fused-ring (bicyclic) bond motifs is 2. The number of phenolic OH excluding ortho intramolecular Hbond substituents is 1. The number of carbonyl (C=O) groups is 2. The van der Waals surface area contributed by atoms with Crippen molar-refractivity contribution in [2.45, 2.75) is 75.3 Å². The van der Waals surface area contributed by atoms with Crippen molar-refractivity contribution in [3.8, 4) is 11.5 Å². The Hall–Kier alpha value is -3.76. The average molecular weight is 629 g/mol. The zero-order valence-corrected chi connectivity index (χ0v) is 26.6. The molecule has 9 heteroatoms. The molecule has 2 aromatic carbocycles. The van der Waals surface area contributed by atoms with Gasteiger partial charge in [-0.2, -0.15) is 0 Å². The topological polar surface area (TPSA) is 121 Å². The first kappa shape index (κ1) is 30.9. The highest BCUT2D eigenvalue weighted by molar-refractivity contribution is 6.04. The van der Waals surface area contributed by atoms with E-state index in [0.717, 1.165) is 11.1 Å². The molecule has 46 heavy (non-hydrogen) atoms. The van der Waals surface area contributed by atoms with Crippen LogP contribution in [0.1, 0.15) is 44.7 Å². The van der Waals surface area contributed by atoms with Crippen molar-refractivity contribution in [1.29, 1.82) is 0 Å². The molecule has 5 aliphatic rings. The van der Waals surface area contributed by atoms with Crippen molar-refractivity contribution in [3.63, 3.8) is 0 Å². The lowest BCUT2D eigenvalue weighted by molar-refractivity contribution is -0.421. The first-order valence-electron chi connectivity index (χ1n) is 15.8. The Bertz CT molecular complexity index is 1680. The van der Waals surface area contributed by atoms with Gasteiger partial charge in [0, 0.05) is 29.9 Å². The van der Waals surface area contributed by atoms with Gasteiger partial charge in [0.2, 0.25) is 0 Å². The largest absolute Gasteiger partial charge is 0.508 e. The lowest BCUT2D eigenvalue weighted by Gasteiger charge is -2.59. The van der Waals surface area contributed by atoms with E-state index in [9.17, 15) is 19.8 Å². The van der Waals surface area contributed by atoms with Gasteiger partial charge in [0.15, 0.2) is 5.78 Å². The Morgan fingerprint density at radius 1 is 1.13 bits per heavy atom. The highest BCUT2D eigenvalue weighted by atomic mass is 16.9. The molecule has 0 spiro atoms. The maximum absolute atomic E-state index is 13.8. The molecule has 242 valence electrons. The quantitative estimate of drug-likeness (QED) is 0.315. The monoisotopic (exact) mass is 628 g/mol. The molecular formula is C37H40O9. The third-order valence-electron chi connectivity index (χ3n) is 10.8. The van der Waals surface area contributed by atoms with Crippen molar-refractivity contribution in [3.05, 3.63) is 95.1 Å². The Morgan fingerprint density at radius 3 is 2.61 bits per heavy atom. The molecule has 2 N–H and O–H groups in total. The van der Waals surface area contributed by atoms with E-state index in [4.69, 9.17) is 23.7 Å². The second kappa shape index (κ2) is 10.6. The van der Waals surface area contributed by atoms with Gasteiger partial charge in [0.05, 0.1) is 25.6 Å². The molecule has 7 rings (SSSR count). The molecule has 8 atom stereocenters. The summed E-state index contributed by atoms with van der Waals surface area (Å²) in [4.78, 5) is 26.9. The van der Waals surface area contributed by atoms with Gasteiger partial charge in [-0.1, -0.05) is 62.1 Å². The summed E-state index contributed by atoms with van der Waals surface area (Å²) in [6.07, 6.45) is 4.08. The standard InChI is InChI=1S/C37H40O9/c1-21(2)35-17-23(4)37-28(33(35)44-36(45-35,46-37)19-24-9-7-6-8-10-24)14-25(18-34(41)30(37)13-22(3)32(34)40)20-43-31(39)15-26-11-12-27(38)16-29(26)42-5/h6-14,16,23,28,30,33,38,41H,1,15,17-20H2,2-5H3/t23-,28+,30-,33-,34-,35-,36?,37-/m1/s1. The third kappa shape index (κ3) is 4.43. The maximum Gasteiger partial charge on any atom is 0.310 e. The second-order valence-electron chi connectivity index (χ2n) is 13.7. The highest BCUT2D eigenvalue weighted by Crippen LogP contribution is 2.68. The number of Topliss-reactive ketones (excluding diaryl/α,β-unsaturated/α-hetero) is 1. The fraction of sp³-hybridized carbons (Fsp3) is 0.459. The molecule has 2 heterocycles. The van der Waals surface area contributed by atoms with Crippen LogP contribution < -0.4 is 4.74 Å². The summed E-state index contributed by atoms with van der Waals surface area (Å²) in [5.41, 5.74) is -0.310. The van der Waals surface area contributed by atoms with Crippen LogP contribution in [0.4, 0.5) is 0 Å². The van der Waals surface area contributed by atoms with E-state index in [1.54, 1.807) is 13.0 Å². The van der Waals surface area contributed by atoms with Crippen molar-refractivity contribution in [2.24, 2.45) is 17.8 Å². The minimum Gasteiger partial charge on any atom is -0.508 e. The van der Waals surface area contributed by atoms with Crippen LogP contribution in [-0.2, 0) is 41.4 Å². The highest BCUT2D eigenvalue weighted by Gasteiger charge is 2.79. The van der Waals surface area contributed by atoms with Crippen LogP contribution in [0.3, 0.4) is 0 Å². The van der Waals surface area contributed by atoms with Crippen molar-refractivity contribution in [2.75, 3.05) is 13.7 Å². The molecule has 3 aliphatic carbocycles. The second-order valence-corrected chi connectivity index (χ2v) is 13.7. The smallest absolute Gasteiger partial charge is 0.310 e. The SMILES string of the molecule is C=C(C)[C@]12C[C@@H](C)[C@@]34OC(Cc5ccccc5)(O[C@@H]1[C@@H]3C=C(COC(=O)Cc1ccc(O)cc1OC)C[C@]1(O)C(=O)C(C)=C[C@@H]41)O2. The molecule has 3 bridgehead atoms. The van der Waals surface area contributed by atoms with Crippen LogP contribution in [0, 0.1) is 17.8 Å². The van der Waals surface area contributed by atoms with Gasteiger partial charge < -0.3 is 33.9 Å². The Kier molecular flexibility index (Phi) is 7.14. The summed E-state index contributed by atoms with van der Waals surface area (Å²) in [6, 6.07) is 14.4. The van der Waals surface area contributed by atoms with Crippen molar-refractivity contribution < 1.29 is 43.5 Å². The number of rotatable bonds is 8. The number of hydrogen-bond acceptors (Lipinski definition) is 9. The van der Waals surface area contributed by atoms with Crippen LogP contribution >= 0.6 is 0 Å². The average Bonchev–Trinajstić information content (AvgIpc) is 3.32. The van der Waals surface area contributed by atoms with Crippen molar-refractivity contribution >= 4 is 11.8 Å². The van der Waals surface area contributed by atoms with E-state index in [-0.39, 0.29) is 36.9 Å². The van der Waals surface area contributed by atoms with Gasteiger partial charge in [-0.05, 0) is 54.5 Å². The summed E-state index contributed by atoms with van der Waals surface area (Å²) in [5.74, 6) is -3.24. The third-order valence-corrected chi connectivity index (χ3v) is 10.8. The molecule has 0 amide bonds. The predicted octanol–water partition coefficient (Wildman–Crippen LogP) is 4.74. The lowest BCUT2D eigenvalue weighted by Crippen LogP contribution is -2.70. The van der Waals surface area contributed by atoms with Gasteiger partial charge in [-0.25, -0.2) is 0 Å². The number of hydrogen-bond donors (Lipinski definition) is 2. The molecule has 0 radical (unpaired) electrons. The molecule has 2 aromatic rings. The van der Waals surface area contributed by atoms with E-state index < -0.39 is 46.7 Å². The Morgan fingerprint density at radius 2 is 1.89 bits per heavy atom. The van der Waals surface area contributed by atoms with Crippen LogP contribution in [0.25, 0.3) is 0 Å². The van der Waals surface area contributed by atoms with E-state index in [1.807, 2.05) is 49.4 Å². The number of methoxy groups -OCH3 is 1. The van der Waals surface area contributed by atoms with E-state index in [2.05, 4.69) is 13.5 Å². The van der Waals surface area contributed by atoms with E-state index in [1.165, 1.54) is 19.2 Å². The van der Waals surface area contributed by atoms with Gasteiger partial charge >= 0.3 is 5.97 Å². The van der Waals surface area contributed by atoms with Gasteiger partial charge in [0.1, 0.15) is 35.4 Å². The fourth-order valence-corrected chi connectivity index (χ4v) is 8.75. The first-order chi connectivity index (χ1) is 21.9. The summed E-state index contributed by atoms with van der Waals surface area (Å²) in [5, 5.41) is 22.2. The Balaban J connectivity index is 1.28. The van der Waals surface area contributed by atoms with Gasteiger partial charge in [-0.15, -0.1) is 0 Å². The van der Waals surface area contributed by atoms with E-state index in [0.29, 0.717) is 35.3 Å². The summed E-state index contributed by atoms with van der Waals surface area (Å²) >= 11 is 0. The van der Waals surface area contributed by atoms with Crippen LogP contribution in [0.5, 0.6) is 11.5 Å². The van der Waals surface area contributed by atoms with E-state index >= 15 is 0 Å². The number of ketones is 1. The van der Waals surface area contributed by atoms with Gasteiger partial charge in [0.25, 0.3) is 5.97 Å². The van der Waals surface area contributed by atoms with Gasteiger partial charge in [-0.3, -0.25) is 9.59 Å². The number of ether oxygens (including phenoxy) is 5. The maximum atomic E-state index is 13.8. The molecule has 1 saturated carbocycles. The number of carbonyl (C=O) groups excluding carboxylic acids is 2. The molecule has 2 saturated heterocycles. The molecule has 2 aliphatic heterocycles. The molecular weight excluding hydrogens is 588 g/mol. The minimum atomic E-state index is -1.81. The number of benzene rings is 2. The molecule has 3 fully saturated rings. The number of esters is 1. The number of phenols is 1. The summed E-state index contributed by atoms with van der Waals surface area (Å²) < 4.78 is 31.9. The van der Waals surface area contributed by atoms with Crippen LogP contribution in [0.2, 0.25) is 0 Å². The van der Waals surface area contributed by atoms with Crippen LogP contribution in [0.15, 0.2) is 84.0 Å². The molecule has 9 nitrogen and oxygen atoms in total. The van der Waals surface area contributed by atoms with Crippen LogP contribution in [-0.4, -0.2) is 64.6 Å². The number of aliphatic hydroxyl groups is 1. The summed E-state index contributed by atoms with van der Waals surface area (Å²) in [6.45, 7) is 9.97. The molecule has 1 unspecified atom stereocenters. The van der Waals surface area contributed by atoms with Crippen molar-refractivity contribution in [1.82, 2.24) is 0 Å². The fourth-order valence-electron chi connectivity index (χ4n) is 8.75. The normalized spacial score (nSPS) is 37.1. The molecule has 0 aromatic heterocycles. The lowest BCUT2D eigenvalue weighted by atomic mass is 9.55. The summed E-state index contributed by atoms with van der Waals surface area (Å²) in [7, 11) is 1.46.